The van der Waals surface area contributed by atoms with Gasteiger partial charge in [-0.25, -0.2) is 0 Å². The Balaban J connectivity index is 3.78. The smallest absolute Gasteiger partial charge is 0.334 e. The van der Waals surface area contributed by atoms with Crippen molar-refractivity contribution in [2.75, 3.05) is 14.2 Å². The SMILES string of the molecule is C=C(C)OC(=O)CCC[Si](C)(OC)OC. The van der Waals surface area contributed by atoms with Gasteiger partial charge in [0.2, 0.25) is 0 Å². The third-order valence-electron chi connectivity index (χ3n) is 2.16. The summed E-state index contributed by atoms with van der Waals surface area (Å²) in [6, 6.07) is 0.783. The first-order valence-corrected chi connectivity index (χ1v) is 7.42. The molecule has 0 amide bonds. The Morgan fingerprint density at radius 1 is 1.33 bits per heavy atom. The van der Waals surface area contributed by atoms with Gasteiger partial charge in [-0.15, -0.1) is 0 Å². The summed E-state index contributed by atoms with van der Waals surface area (Å²) in [6.07, 6.45) is 1.10. The van der Waals surface area contributed by atoms with Crippen molar-refractivity contribution in [2.45, 2.75) is 32.4 Å². The largest absolute Gasteiger partial charge is 0.432 e. The number of allylic oxidation sites excluding steroid dienone is 1. The highest BCUT2D eigenvalue weighted by Crippen LogP contribution is 2.15. The molecule has 0 unspecified atom stereocenters. The molecule has 5 heteroatoms. The van der Waals surface area contributed by atoms with Crippen LogP contribution in [0.4, 0.5) is 0 Å². The highest BCUT2D eigenvalue weighted by atomic mass is 28.4. The van der Waals surface area contributed by atoms with Crippen molar-refractivity contribution >= 4 is 14.5 Å². The average molecular weight is 232 g/mol. The van der Waals surface area contributed by atoms with E-state index in [1.54, 1.807) is 21.1 Å². The van der Waals surface area contributed by atoms with E-state index >= 15 is 0 Å². The van der Waals surface area contributed by atoms with E-state index in [1.807, 2.05) is 6.55 Å². The molecule has 0 radical (unpaired) electrons. The van der Waals surface area contributed by atoms with E-state index in [1.165, 1.54) is 0 Å². The third kappa shape index (κ3) is 6.43. The first kappa shape index (κ1) is 14.3. The molecule has 4 nitrogen and oxygen atoms in total. The molecule has 0 aliphatic heterocycles. The van der Waals surface area contributed by atoms with E-state index in [9.17, 15) is 4.79 Å². The van der Waals surface area contributed by atoms with Crippen LogP contribution in [0.2, 0.25) is 12.6 Å². The van der Waals surface area contributed by atoms with E-state index in [-0.39, 0.29) is 5.97 Å². The number of hydrogen-bond acceptors (Lipinski definition) is 4. The fourth-order valence-electron chi connectivity index (χ4n) is 1.09. The van der Waals surface area contributed by atoms with Crippen LogP contribution in [0.5, 0.6) is 0 Å². The molecule has 0 bridgehead atoms. The van der Waals surface area contributed by atoms with E-state index in [4.69, 9.17) is 13.6 Å². The van der Waals surface area contributed by atoms with Gasteiger partial charge in [0, 0.05) is 20.6 Å². The molecule has 0 aliphatic carbocycles. The van der Waals surface area contributed by atoms with Gasteiger partial charge in [-0.1, -0.05) is 6.58 Å². The fraction of sp³-hybridized carbons (Fsp3) is 0.700. The van der Waals surface area contributed by atoms with Crippen molar-refractivity contribution in [3.8, 4) is 0 Å². The minimum atomic E-state index is -2.03. The highest BCUT2D eigenvalue weighted by molar-refractivity contribution is 6.65. The average Bonchev–Trinajstić information content (AvgIpc) is 2.16. The fourth-order valence-corrected chi connectivity index (χ4v) is 2.48. The molecule has 0 saturated heterocycles. The number of hydrogen-bond donors (Lipinski definition) is 0. The lowest BCUT2D eigenvalue weighted by Crippen LogP contribution is -2.35. The number of esters is 1. The number of ether oxygens (including phenoxy) is 1. The molecule has 0 N–H and O–H groups in total. The van der Waals surface area contributed by atoms with Crippen molar-refractivity contribution in [1.82, 2.24) is 0 Å². The maximum Gasteiger partial charge on any atom is 0.334 e. The molecule has 0 aromatic rings. The first-order valence-electron chi connectivity index (χ1n) is 4.90. The minimum Gasteiger partial charge on any atom is -0.432 e. The highest BCUT2D eigenvalue weighted by Gasteiger charge is 2.28. The van der Waals surface area contributed by atoms with Gasteiger partial charge in [-0.3, -0.25) is 4.79 Å². The third-order valence-corrected chi connectivity index (χ3v) is 5.15. The van der Waals surface area contributed by atoms with Gasteiger partial charge in [-0.2, -0.15) is 0 Å². The van der Waals surface area contributed by atoms with Crippen LogP contribution in [0.3, 0.4) is 0 Å². The summed E-state index contributed by atoms with van der Waals surface area (Å²) in [4.78, 5) is 11.2. The van der Waals surface area contributed by atoms with Crippen LogP contribution in [0.25, 0.3) is 0 Å². The molecule has 0 saturated carbocycles. The lowest BCUT2D eigenvalue weighted by molar-refractivity contribution is -0.139. The van der Waals surface area contributed by atoms with Gasteiger partial charge >= 0.3 is 14.5 Å². The molecule has 0 aromatic carbocycles. The van der Waals surface area contributed by atoms with Crippen molar-refractivity contribution < 1.29 is 18.4 Å². The van der Waals surface area contributed by atoms with Crippen LogP contribution < -0.4 is 0 Å². The molecule has 0 aromatic heterocycles. The van der Waals surface area contributed by atoms with Crippen molar-refractivity contribution in [3.63, 3.8) is 0 Å². The lowest BCUT2D eigenvalue weighted by Gasteiger charge is -2.22. The molecule has 0 rings (SSSR count). The lowest BCUT2D eigenvalue weighted by atomic mass is 10.3. The molecule has 0 atom stereocenters. The molecular weight excluding hydrogens is 212 g/mol. The predicted molar refractivity (Wildman–Crippen MR) is 60.6 cm³/mol. The number of rotatable bonds is 7. The number of carbonyl (C=O) groups is 1. The quantitative estimate of drug-likeness (QED) is 0.383. The second-order valence-electron chi connectivity index (χ2n) is 3.57. The Morgan fingerprint density at radius 2 is 1.87 bits per heavy atom. The molecule has 0 aliphatic rings. The van der Waals surface area contributed by atoms with Crippen LogP contribution in [-0.2, 0) is 18.4 Å². The van der Waals surface area contributed by atoms with Crippen molar-refractivity contribution in [1.29, 1.82) is 0 Å². The van der Waals surface area contributed by atoms with Gasteiger partial charge < -0.3 is 13.6 Å². The molecule has 15 heavy (non-hydrogen) atoms. The summed E-state index contributed by atoms with van der Waals surface area (Å²) in [5, 5.41) is 0. The second-order valence-corrected chi connectivity index (χ2v) is 7.16. The zero-order valence-corrected chi connectivity index (χ0v) is 11.0. The van der Waals surface area contributed by atoms with Gasteiger partial charge in [0.1, 0.15) is 0 Å². The maximum absolute atomic E-state index is 11.2. The van der Waals surface area contributed by atoms with Crippen molar-refractivity contribution in [3.05, 3.63) is 12.3 Å². The Bertz CT molecular complexity index is 223. The zero-order valence-electron chi connectivity index (χ0n) is 9.96. The van der Waals surface area contributed by atoms with Gasteiger partial charge in [0.15, 0.2) is 0 Å². The summed E-state index contributed by atoms with van der Waals surface area (Å²) in [7, 11) is 1.25. The second kappa shape index (κ2) is 6.76. The summed E-state index contributed by atoms with van der Waals surface area (Å²) in [5.41, 5.74) is 0. The monoisotopic (exact) mass is 232 g/mol. The molecule has 88 valence electrons. The topological polar surface area (TPSA) is 44.8 Å². The Hall–Kier alpha value is -0.653. The van der Waals surface area contributed by atoms with Crippen LogP contribution in [0.1, 0.15) is 19.8 Å². The zero-order chi connectivity index (χ0) is 11.9. The van der Waals surface area contributed by atoms with Gasteiger partial charge in [0.25, 0.3) is 0 Å². The van der Waals surface area contributed by atoms with Crippen LogP contribution >= 0.6 is 0 Å². The minimum absolute atomic E-state index is 0.244. The number of carbonyl (C=O) groups excluding carboxylic acids is 1. The van der Waals surface area contributed by atoms with Crippen molar-refractivity contribution in [2.24, 2.45) is 0 Å². The maximum atomic E-state index is 11.2. The van der Waals surface area contributed by atoms with E-state index in [2.05, 4.69) is 6.58 Å². The summed E-state index contributed by atoms with van der Waals surface area (Å²) >= 11 is 0. The van der Waals surface area contributed by atoms with Crippen LogP contribution in [-0.4, -0.2) is 28.7 Å². The molecule has 0 spiro atoms. The van der Waals surface area contributed by atoms with E-state index in [0.717, 1.165) is 12.5 Å². The van der Waals surface area contributed by atoms with Gasteiger partial charge in [-0.05, 0) is 25.9 Å². The molecule has 0 fully saturated rings. The van der Waals surface area contributed by atoms with Gasteiger partial charge in [0.05, 0.1) is 5.76 Å². The first-order chi connectivity index (χ1) is 6.93. The Kier molecular flexibility index (Phi) is 6.47. The standard InChI is InChI=1S/C10H20O4Si/c1-9(2)14-10(11)7-6-8-15(5,12-3)13-4/h1,6-8H2,2-5H3. The molecule has 0 heterocycles. The normalized spacial score (nSPS) is 11.2. The van der Waals surface area contributed by atoms with E-state index < -0.39 is 8.56 Å². The summed E-state index contributed by atoms with van der Waals surface area (Å²) in [5.74, 6) is 0.185. The Morgan fingerprint density at radius 3 is 2.27 bits per heavy atom. The van der Waals surface area contributed by atoms with Crippen LogP contribution in [0, 0.1) is 0 Å². The summed E-state index contributed by atoms with van der Waals surface area (Å²) < 4.78 is 15.4. The predicted octanol–water partition coefficient (Wildman–Crippen LogP) is 2.21. The van der Waals surface area contributed by atoms with E-state index in [0.29, 0.717) is 12.2 Å². The summed E-state index contributed by atoms with van der Waals surface area (Å²) in [6.45, 7) is 7.12. The van der Waals surface area contributed by atoms with Crippen LogP contribution in [0.15, 0.2) is 12.3 Å². The molecular formula is C10H20O4Si. The Labute approximate surface area is 92.5 Å².